The molecule has 0 aliphatic carbocycles. The van der Waals surface area contributed by atoms with E-state index in [2.05, 4.69) is 59.1 Å². The van der Waals surface area contributed by atoms with Crippen LogP contribution < -0.4 is 5.73 Å². The molecule has 0 amide bonds. The summed E-state index contributed by atoms with van der Waals surface area (Å²) in [7, 11) is 0. The van der Waals surface area contributed by atoms with E-state index in [1.54, 1.807) is 0 Å². The quantitative estimate of drug-likeness (QED) is 0.876. The minimum absolute atomic E-state index is 0.408. The molecule has 0 fully saturated rings. The predicted molar refractivity (Wildman–Crippen MR) is 86.7 cm³/mol. The lowest BCUT2D eigenvalue weighted by molar-refractivity contribution is 0.497. The van der Waals surface area contributed by atoms with Crippen molar-refractivity contribution < 1.29 is 0 Å². The molecule has 2 N–H and O–H groups in total. The molecular weight excluding hydrogens is 314 g/mol. The maximum atomic E-state index is 5.93. The first-order chi connectivity index (χ1) is 9.58. The third-order valence-corrected chi connectivity index (χ3v) is 3.93. The van der Waals surface area contributed by atoms with Crippen LogP contribution in [0.15, 0.2) is 41.0 Å². The van der Waals surface area contributed by atoms with Gasteiger partial charge in [-0.25, -0.2) is 0 Å². The van der Waals surface area contributed by atoms with Crippen LogP contribution >= 0.6 is 15.9 Å². The second-order valence-corrected chi connectivity index (χ2v) is 6.44. The van der Waals surface area contributed by atoms with E-state index in [-0.39, 0.29) is 0 Å². The Hall–Kier alpha value is -1.13. The van der Waals surface area contributed by atoms with Crippen molar-refractivity contribution in [3.8, 4) is 0 Å². The second kappa shape index (κ2) is 7.04. The molecule has 0 aliphatic heterocycles. The zero-order chi connectivity index (χ0) is 14.5. The van der Waals surface area contributed by atoms with Crippen molar-refractivity contribution in [1.82, 2.24) is 9.78 Å². The molecule has 1 aromatic carbocycles. The fourth-order valence-corrected chi connectivity index (χ4v) is 2.75. The summed E-state index contributed by atoms with van der Waals surface area (Å²) in [5.74, 6) is 0.430. The van der Waals surface area contributed by atoms with Gasteiger partial charge in [-0.05, 0) is 62.9 Å². The zero-order valence-electron chi connectivity index (χ0n) is 12.1. The van der Waals surface area contributed by atoms with E-state index >= 15 is 0 Å². The van der Waals surface area contributed by atoms with Crippen molar-refractivity contribution in [3.63, 3.8) is 0 Å². The standard InChI is InChI=1S/C16H22BrN3/c1-12(2)20-7-6-16(19-20)10-14(11-18)8-13-4-3-5-15(17)9-13/h3-7,9,12,14H,8,10-11,18H2,1-2H3. The minimum Gasteiger partial charge on any atom is -0.330 e. The van der Waals surface area contributed by atoms with E-state index in [4.69, 9.17) is 5.73 Å². The number of hydrogen-bond acceptors (Lipinski definition) is 2. The van der Waals surface area contributed by atoms with Gasteiger partial charge in [0.15, 0.2) is 0 Å². The molecule has 20 heavy (non-hydrogen) atoms. The number of aromatic nitrogens is 2. The summed E-state index contributed by atoms with van der Waals surface area (Å²) in [5, 5.41) is 4.61. The van der Waals surface area contributed by atoms with E-state index in [1.165, 1.54) is 5.56 Å². The molecule has 1 aromatic heterocycles. The summed E-state index contributed by atoms with van der Waals surface area (Å²) in [5.41, 5.74) is 8.37. The van der Waals surface area contributed by atoms with Crippen LogP contribution in [0.3, 0.4) is 0 Å². The highest BCUT2D eigenvalue weighted by molar-refractivity contribution is 9.10. The van der Waals surface area contributed by atoms with Crippen molar-refractivity contribution in [2.45, 2.75) is 32.7 Å². The van der Waals surface area contributed by atoms with Crippen molar-refractivity contribution in [1.29, 1.82) is 0 Å². The van der Waals surface area contributed by atoms with Crippen LogP contribution in [0.2, 0.25) is 0 Å². The van der Waals surface area contributed by atoms with Crippen molar-refractivity contribution in [2.24, 2.45) is 11.7 Å². The predicted octanol–water partition coefficient (Wildman–Crippen LogP) is 3.59. The minimum atomic E-state index is 0.408. The van der Waals surface area contributed by atoms with Gasteiger partial charge in [0, 0.05) is 16.7 Å². The average molecular weight is 336 g/mol. The molecule has 4 heteroatoms. The van der Waals surface area contributed by atoms with Crippen molar-refractivity contribution in [2.75, 3.05) is 6.54 Å². The van der Waals surface area contributed by atoms with Crippen LogP contribution in [0.1, 0.15) is 31.1 Å². The van der Waals surface area contributed by atoms with Crippen LogP contribution in [0.5, 0.6) is 0 Å². The van der Waals surface area contributed by atoms with E-state index < -0.39 is 0 Å². The van der Waals surface area contributed by atoms with Gasteiger partial charge in [-0.3, -0.25) is 4.68 Å². The molecule has 0 spiro atoms. The molecule has 1 atom stereocenters. The molecule has 0 saturated carbocycles. The number of nitrogens with two attached hydrogens (primary N) is 1. The van der Waals surface area contributed by atoms with Gasteiger partial charge in [-0.2, -0.15) is 5.10 Å². The monoisotopic (exact) mass is 335 g/mol. The first kappa shape index (κ1) is 15.3. The highest BCUT2D eigenvalue weighted by Gasteiger charge is 2.12. The average Bonchev–Trinajstić information content (AvgIpc) is 2.87. The van der Waals surface area contributed by atoms with E-state index in [0.29, 0.717) is 18.5 Å². The molecule has 2 rings (SSSR count). The molecule has 108 valence electrons. The highest BCUT2D eigenvalue weighted by atomic mass is 79.9. The van der Waals surface area contributed by atoms with Gasteiger partial charge in [0.1, 0.15) is 0 Å². The summed E-state index contributed by atoms with van der Waals surface area (Å²) >= 11 is 3.51. The molecule has 0 radical (unpaired) electrons. The highest BCUT2D eigenvalue weighted by Crippen LogP contribution is 2.17. The summed E-state index contributed by atoms with van der Waals surface area (Å²) in [4.78, 5) is 0. The number of nitrogens with zero attached hydrogens (tertiary/aromatic N) is 2. The number of benzene rings is 1. The summed E-state index contributed by atoms with van der Waals surface area (Å²) < 4.78 is 3.12. The molecule has 0 saturated heterocycles. The normalized spacial score (nSPS) is 12.8. The Morgan fingerprint density at radius 3 is 2.65 bits per heavy atom. The summed E-state index contributed by atoms with van der Waals surface area (Å²) in [6, 6.07) is 10.9. The number of rotatable bonds is 6. The number of halogens is 1. The first-order valence-corrected chi connectivity index (χ1v) is 7.86. The Morgan fingerprint density at radius 1 is 1.25 bits per heavy atom. The molecule has 1 heterocycles. The topological polar surface area (TPSA) is 43.8 Å². The third kappa shape index (κ3) is 4.18. The van der Waals surface area contributed by atoms with Crippen molar-refractivity contribution >= 4 is 15.9 Å². The van der Waals surface area contributed by atoms with Crippen LogP contribution in [-0.2, 0) is 12.8 Å². The van der Waals surface area contributed by atoms with Gasteiger partial charge >= 0.3 is 0 Å². The van der Waals surface area contributed by atoms with Crippen LogP contribution in [-0.4, -0.2) is 16.3 Å². The Kier molecular flexibility index (Phi) is 5.38. The Balaban J connectivity index is 2.01. The Labute approximate surface area is 129 Å². The van der Waals surface area contributed by atoms with Gasteiger partial charge in [-0.15, -0.1) is 0 Å². The largest absolute Gasteiger partial charge is 0.330 e. The zero-order valence-corrected chi connectivity index (χ0v) is 13.7. The second-order valence-electron chi connectivity index (χ2n) is 5.52. The molecule has 3 nitrogen and oxygen atoms in total. The lowest BCUT2D eigenvalue weighted by Gasteiger charge is -2.14. The van der Waals surface area contributed by atoms with Crippen molar-refractivity contribution in [3.05, 3.63) is 52.3 Å². The molecule has 2 aromatic rings. The molecule has 0 aliphatic rings. The van der Waals surface area contributed by atoms with E-state index in [0.717, 1.165) is 23.0 Å². The van der Waals surface area contributed by atoms with Crippen LogP contribution in [0, 0.1) is 5.92 Å². The maximum Gasteiger partial charge on any atom is 0.0628 e. The van der Waals surface area contributed by atoms with Gasteiger partial charge in [0.05, 0.1) is 5.69 Å². The Bertz CT molecular complexity index is 548. The van der Waals surface area contributed by atoms with Gasteiger partial charge in [-0.1, -0.05) is 28.1 Å². The SMILES string of the molecule is CC(C)n1ccc(CC(CN)Cc2cccc(Br)c2)n1. The lowest BCUT2D eigenvalue weighted by Crippen LogP contribution is -2.19. The fourth-order valence-electron chi connectivity index (χ4n) is 2.31. The number of hydrogen-bond donors (Lipinski definition) is 1. The van der Waals surface area contributed by atoms with E-state index in [9.17, 15) is 0 Å². The summed E-state index contributed by atoms with van der Waals surface area (Å²) in [6.45, 7) is 4.96. The summed E-state index contributed by atoms with van der Waals surface area (Å²) in [6.07, 6.45) is 3.97. The molecular formula is C16H22BrN3. The lowest BCUT2D eigenvalue weighted by atomic mass is 9.95. The first-order valence-electron chi connectivity index (χ1n) is 7.07. The fraction of sp³-hybridized carbons (Fsp3) is 0.438. The smallest absolute Gasteiger partial charge is 0.0628 e. The molecule has 0 bridgehead atoms. The maximum absolute atomic E-state index is 5.93. The van der Waals surface area contributed by atoms with Gasteiger partial charge in [0.2, 0.25) is 0 Å². The van der Waals surface area contributed by atoms with Crippen LogP contribution in [0.25, 0.3) is 0 Å². The molecule has 1 unspecified atom stereocenters. The van der Waals surface area contributed by atoms with Gasteiger partial charge in [0.25, 0.3) is 0 Å². The van der Waals surface area contributed by atoms with E-state index in [1.807, 2.05) is 16.9 Å². The van der Waals surface area contributed by atoms with Gasteiger partial charge < -0.3 is 5.73 Å². The van der Waals surface area contributed by atoms with Crippen LogP contribution in [0.4, 0.5) is 0 Å². The third-order valence-electron chi connectivity index (χ3n) is 3.44. The Morgan fingerprint density at radius 2 is 2.05 bits per heavy atom.